The number of benzene rings is 1. The number of hydrogen-bond donors (Lipinski definition) is 1. The van der Waals surface area contributed by atoms with E-state index in [9.17, 15) is 18.5 Å². The molecule has 1 aliphatic heterocycles. The lowest BCUT2D eigenvalue weighted by Gasteiger charge is -2.15. The Morgan fingerprint density at radius 1 is 1.18 bits per heavy atom. The van der Waals surface area contributed by atoms with Crippen molar-refractivity contribution in [1.82, 2.24) is 14.9 Å². The van der Waals surface area contributed by atoms with Crippen LogP contribution in [-0.4, -0.2) is 53.9 Å². The number of amides is 2. The Hall–Kier alpha value is -3.29. The summed E-state index contributed by atoms with van der Waals surface area (Å²) in [6.45, 7) is 4.38. The van der Waals surface area contributed by atoms with Gasteiger partial charge in [-0.25, -0.2) is 18.2 Å². The number of nitriles is 1. The van der Waals surface area contributed by atoms with Crippen LogP contribution < -0.4 is 5.32 Å². The quantitative estimate of drug-likeness (QED) is 0.602. The highest BCUT2D eigenvalue weighted by atomic mass is 32.2. The van der Waals surface area contributed by atoms with Gasteiger partial charge in [-0.05, 0) is 50.1 Å². The largest absolute Gasteiger partial charge is 0.323 e. The molecule has 3 heterocycles. The first-order valence-electron chi connectivity index (χ1n) is 10.4. The number of carbonyl (C=O) groups is 1. The van der Waals surface area contributed by atoms with Crippen LogP contribution in [0.5, 0.6) is 0 Å². The fraction of sp³-hybridized carbons (Fsp3) is 0.304. The lowest BCUT2D eigenvalue weighted by Crippen LogP contribution is -2.34. The number of rotatable bonds is 4. The summed E-state index contributed by atoms with van der Waals surface area (Å²) in [6.07, 6.45) is 1.63. The van der Waals surface area contributed by atoms with Crippen LogP contribution in [0.4, 0.5) is 9.93 Å². The summed E-state index contributed by atoms with van der Waals surface area (Å²) in [6, 6.07) is 12.9. The van der Waals surface area contributed by atoms with Gasteiger partial charge in [-0.15, -0.1) is 0 Å². The summed E-state index contributed by atoms with van der Waals surface area (Å²) < 4.78 is 23.7. The molecular formula is C23H23N5O3S2. The van der Waals surface area contributed by atoms with E-state index in [2.05, 4.69) is 21.4 Å². The maximum atomic E-state index is 12.8. The van der Waals surface area contributed by atoms with Crippen molar-refractivity contribution in [2.45, 2.75) is 25.5 Å². The van der Waals surface area contributed by atoms with Crippen molar-refractivity contribution in [1.29, 1.82) is 5.26 Å². The molecule has 0 unspecified atom stereocenters. The third-order valence-corrected chi connectivity index (χ3v) is 8.10. The van der Waals surface area contributed by atoms with Gasteiger partial charge in [-0.1, -0.05) is 23.5 Å². The summed E-state index contributed by atoms with van der Waals surface area (Å²) in [7, 11) is -3.20. The average Bonchev–Trinajstić information content (AvgIpc) is 3.41. The Balaban J connectivity index is 1.69. The number of hydrogen-bond acceptors (Lipinski definition) is 7. The van der Waals surface area contributed by atoms with E-state index < -0.39 is 15.1 Å². The summed E-state index contributed by atoms with van der Waals surface area (Å²) in [5.74, 6) is 0. The van der Waals surface area contributed by atoms with Crippen LogP contribution >= 0.6 is 11.3 Å². The lowest BCUT2D eigenvalue weighted by atomic mass is 10.0. The Morgan fingerprint density at radius 3 is 2.55 bits per heavy atom. The van der Waals surface area contributed by atoms with Crippen LogP contribution in [0.25, 0.3) is 21.7 Å². The minimum Gasteiger partial charge on any atom is -0.323 e. The third kappa shape index (κ3) is 5.05. The Morgan fingerprint density at radius 2 is 1.91 bits per heavy atom. The van der Waals surface area contributed by atoms with E-state index >= 15 is 0 Å². The van der Waals surface area contributed by atoms with E-state index in [-0.39, 0.29) is 12.6 Å². The minimum absolute atomic E-state index is 0.169. The van der Waals surface area contributed by atoms with Gasteiger partial charge in [0.1, 0.15) is 0 Å². The van der Waals surface area contributed by atoms with Crippen molar-refractivity contribution in [3.05, 3.63) is 53.3 Å². The van der Waals surface area contributed by atoms with Gasteiger partial charge in [0, 0.05) is 36.3 Å². The molecule has 0 spiro atoms. The topological polar surface area (TPSA) is 116 Å². The van der Waals surface area contributed by atoms with Crippen molar-refractivity contribution >= 4 is 32.3 Å². The number of carbonyl (C=O) groups excluding carboxylic acids is 1. The van der Waals surface area contributed by atoms with Gasteiger partial charge in [0.2, 0.25) is 0 Å². The second-order valence-corrected chi connectivity index (χ2v) is 11.5. The van der Waals surface area contributed by atoms with E-state index in [1.807, 2.05) is 32.0 Å². The maximum Gasteiger partial charge on any atom is 0.323 e. The van der Waals surface area contributed by atoms with Gasteiger partial charge in [-0.2, -0.15) is 5.26 Å². The molecule has 170 valence electrons. The van der Waals surface area contributed by atoms with Crippen LogP contribution in [0.15, 0.2) is 36.4 Å². The molecule has 0 bridgehead atoms. The van der Waals surface area contributed by atoms with E-state index in [0.717, 1.165) is 27.4 Å². The van der Waals surface area contributed by atoms with Crippen LogP contribution in [0.2, 0.25) is 0 Å². The monoisotopic (exact) mass is 481 g/mol. The minimum atomic E-state index is -3.20. The number of urea groups is 1. The number of sulfone groups is 1. The molecule has 1 atom stereocenters. The number of pyridine rings is 1. The fourth-order valence-corrected chi connectivity index (χ4v) is 5.85. The Kier molecular flexibility index (Phi) is 6.19. The summed E-state index contributed by atoms with van der Waals surface area (Å²) in [5, 5.41) is 12.0. The third-order valence-electron chi connectivity index (χ3n) is 5.49. The molecule has 1 aliphatic rings. The van der Waals surface area contributed by atoms with Crippen molar-refractivity contribution in [3.8, 4) is 27.8 Å². The van der Waals surface area contributed by atoms with Gasteiger partial charge in [0.25, 0.3) is 0 Å². The SMILES string of the molecule is Cc1cc(-c2sc(NC(=O)N3CC[C@H](S(C)(=O)=O)C3)nc2-c2cccc(C#N)c2)cc(C)n1. The first-order valence-corrected chi connectivity index (χ1v) is 13.1. The molecule has 2 amide bonds. The molecular weight excluding hydrogens is 458 g/mol. The molecule has 0 saturated carbocycles. The predicted molar refractivity (Wildman–Crippen MR) is 129 cm³/mol. The van der Waals surface area contributed by atoms with Gasteiger partial charge in [-0.3, -0.25) is 10.3 Å². The van der Waals surface area contributed by atoms with Crippen LogP contribution in [-0.2, 0) is 9.84 Å². The van der Waals surface area contributed by atoms with Crippen molar-refractivity contribution in [2.24, 2.45) is 0 Å². The van der Waals surface area contributed by atoms with Crippen molar-refractivity contribution in [2.75, 3.05) is 24.7 Å². The summed E-state index contributed by atoms with van der Waals surface area (Å²) >= 11 is 1.33. The van der Waals surface area contributed by atoms with E-state index in [0.29, 0.717) is 29.4 Å². The molecule has 10 heteroatoms. The molecule has 1 fully saturated rings. The molecule has 0 radical (unpaired) electrons. The molecule has 1 N–H and O–H groups in total. The lowest BCUT2D eigenvalue weighted by molar-refractivity contribution is 0.222. The average molecular weight is 482 g/mol. The smallest absolute Gasteiger partial charge is 0.323 e. The highest BCUT2D eigenvalue weighted by Crippen LogP contribution is 2.39. The van der Waals surface area contributed by atoms with Crippen LogP contribution in [0, 0.1) is 25.2 Å². The summed E-state index contributed by atoms with van der Waals surface area (Å²) in [5.41, 5.74) is 4.60. The number of nitrogens with zero attached hydrogens (tertiary/aromatic N) is 4. The van der Waals surface area contributed by atoms with Crippen LogP contribution in [0.3, 0.4) is 0 Å². The normalized spacial score (nSPS) is 15.9. The van der Waals surface area contributed by atoms with E-state index in [1.54, 1.807) is 18.2 Å². The molecule has 4 rings (SSSR count). The molecule has 2 aromatic heterocycles. The van der Waals surface area contributed by atoms with Gasteiger partial charge >= 0.3 is 6.03 Å². The number of nitrogens with one attached hydrogen (secondary N) is 1. The molecule has 33 heavy (non-hydrogen) atoms. The molecule has 3 aromatic rings. The maximum absolute atomic E-state index is 12.8. The second kappa shape index (κ2) is 8.92. The first-order chi connectivity index (χ1) is 15.6. The zero-order valence-corrected chi connectivity index (χ0v) is 20.1. The van der Waals surface area contributed by atoms with E-state index in [1.165, 1.54) is 22.5 Å². The van der Waals surface area contributed by atoms with Gasteiger partial charge < -0.3 is 4.90 Å². The highest BCUT2D eigenvalue weighted by molar-refractivity contribution is 7.91. The van der Waals surface area contributed by atoms with Crippen molar-refractivity contribution in [3.63, 3.8) is 0 Å². The predicted octanol–water partition coefficient (Wildman–Crippen LogP) is 4.01. The number of anilines is 1. The highest BCUT2D eigenvalue weighted by Gasteiger charge is 2.33. The number of aryl methyl sites for hydroxylation is 2. The number of likely N-dealkylation sites (tertiary alicyclic amines) is 1. The number of thiazole rings is 1. The zero-order chi connectivity index (χ0) is 23.8. The first kappa shape index (κ1) is 22.9. The van der Waals surface area contributed by atoms with E-state index in [4.69, 9.17) is 0 Å². The van der Waals surface area contributed by atoms with Gasteiger partial charge in [0.05, 0.1) is 27.5 Å². The standard InChI is InChI=1S/C23H23N5O3S2/c1-14-9-18(10-15(2)25-14)21-20(17-6-4-5-16(11-17)12-24)26-22(32-21)27-23(29)28-8-7-19(13-28)33(3,30)31/h4-6,9-11,19H,7-8,13H2,1-3H3,(H,26,27,29)/t19-/m0/s1. The number of aromatic nitrogens is 2. The summed E-state index contributed by atoms with van der Waals surface area (Å²) in [4.78, 5) is 24.3. The fourth-order valence-electron chi connectivity index (χ4n) is 3.90. The molecule has 8 nitrogen and oxygen atoms in total. The zero-order valence-electron chi connectivity index (χ0n) is 18.5. The molecule has 1 aromatic carbocycles. The second-order valence-electron chi connectivity index (χ2n) is 8.14. The Labute approximate surface area is 196 Å². The Bertz CT molecular complexity index is 1350. The van der Waals surface area contributed by atoms with Crippen LogP contribution in [0.1, 0.15) is 23.4 Å². The molecule has 0 aliphatic carbocycles. The van der Waals surface area contributed by atoms with Gasteiger partial charge in [0.15, 0.2) is 15.0 Å². The van der Waals surface area contributed by atoms with Crippen molar-refractivity contribution < 1.29 is 13.2 Å². The molecule has 1 saturated heterocycles.